The van der Waals surface area contributed by atoms with Gasteiger partial charge in [-0.15, -0.1) is 0 Å². The van der Waals surface area contributed by atoms with Gasteiger partial charge in [-0.25, -0.2) is 10.5 Å². The summed E-state index contributed by atoms with van der Waals surface area (Å²) in [7, 11) is 0. The molecule has 1 aliphatic rings. The summed E-state index contributed by atoms with van der Waals surface area (Å²) in [4.78, 5) is 8.56. The third-order valence-corrected chi connectivity index (χ3v) is 4.73. The van der Waals surface area contributed by atoms with Crippen LogP contribution in [0.4, 0.5) is 0 Å². The van der Waals surface area contributed by atoms with Crippen molar-refractivity contribution in [2.24, 2.45) is 0 Å². The second-order valence-electron chi connectivity index (χ2n) is 5.87. The summed E-state index contributed by atoms with van der Waals surface area (Å²) in [5.41, 5.74) is 2.43. The first-order valence-corrected chi connectivity index (χ1v) is 7.62. The molecule has 2 N–H and O–H groups in total. The molecule has 116 valence electrons. The first-order valence-electron chi connectivity index (χ1n) is 7.62. The van der Waals surface area contributed by atoms with Gasteiger partial charge in [0.2, 0.25) is 0 Å². The molecule has 0 atom stereocenters. The molecule has 0 bridgehead atoms. The highest BCUT2D eigenvalue weighted by molar-refractivity contribution is 5.43. The van der Waals surface area contributed by atoms with E-state index in [2.05, 4.69) is 9.78 Å². The van der Waals surface area contributed by atoms with Gasteiger partial charge in [0.1, 0.15) is 0 Å². The maximum atomic E-state index is 8.74. The van der Waals surface area contributed by atoms with Crippen molar-refractivity contribution in [2.45, 2.75) is 37.5 Å². The molecule has 0 unspecified atom stereocenters. The highest BCUT2D eigenvalue weighted by Gasteiger charge is 2.35. The lowest BCUT2D eigenvalue weighted by molar-refractivity contribution is -0.137. The van der Waals surface area contributed by atoms with Gasteiger partial charge in [0.25, 0.3) is 0 Å². The standard InChI is InChI=1S/C18H20O4/c19-21-16-8-4-14(5-9-16)18(12-2-1-3-13-18)15-6-10-17(22-20)11-7-15/h4-11,19-20H,1-3,12-13H2. The molecular formula is C18H20O4. The lowest BCUT2D eigenvalue weighted by Gasteiger charge is -2.38. The van der Waals surface area contributed by atoms with Gasteiger partial charge in [-0.05, 0) is 48.2 Å². The molecule has 2 aromatic rings. The van der Waals surface area contributed by atoms with Crippen LogP contribution in [0.25, 0.3) is 0 Å². The van der Waals surface area contributed by atoms with Gasteiger partial charge < -0.3 is 9.78 Å². The second-order valence-corrected chi connectivity index (χ2v) is 5.87. The van der Waals surface area contributed by atoms with Crippen LogP contribution in [0, 0.1) is 0 Å². The zero-order valence-electron chi connectivity index (χ0n) is 12.4. The number of hydrogen-bond donors (Lipinski definition) is 2. The third kappa shape index (κ3) is 2.67. The van der Waals surface area contributed by atoms with Gasteiger partial charge in [0, 0.05) is 5.41 Å². The van der Waals surface area contributed by atoms with Gasteiger partial charge in [0.15, 0.2) is 11.5 Å². The van der Waals surface area contributed by atoms with E-state index in [1.54, 1.807) is 24.3 Å². The van der Waals surface area contributed by atoms with E-state index in [1.165, 1.54) is 30.4 Å². The number of benzene rings is 2. The maximum Gasteiger partial charge on any atom is 0.165 e. The molecule has 1 saturated carbocycles. The second kappa shape index (κ2) is 6.38. The zero-order valence-corrected chi connectivity index (χ0v) is 12.4. The fourth-order valence-electron chi connectivity index (χ4n) is 3.57. The predicted molar refractivity (Wildman–Crippen MR) is 83.3 cm³/mol. The van der Waals surface area contributed by atoms with Crippen LogP contribution in [0.15, 0.2) is 48.5 Å². The van der Waals surface area contributed by atoms with E-state index in [1.807, 2.05) is 24.3 Å². The Morgan fingerprint density at radius 3 is 1.41 bits per heavy atom. The van der Waals surface area contributed by atoms with Crippen LogP contribution in [0.2, 0.25) is 0 Å². The van der Waals surface area contributed by atoms with E-state index in [0.717, 1.165) is 12.8 Å². The van der Waals surface area contributed by atoms with E-state index >= 15 is 0 Å². The molecule has 0 aliphatic heterocycles. The van der Waals surface area contributed by atoms with Crippen molar-refractivity contribution in [1.29, 1.82) is 0 Å². The average Bonchev–Trinajstić information content (AvgIpc) is 2.62. The Labute approximate surface area is 129 Å². The predicted octanol–water partition coefficient (Wildman–Crippen LogP) is 4.64. The van der Waals surface area contributed by atoms with E-state index in [-0.39, 0.29) is 5.41 Å². The van der Waals surface area contributed by atoms with Crippen molar-refractivity contribution in [3.63, 3.8) is 0 Å². The van der Waals surface area contributed by atoms with Crippen molar-refractivity contribution in [2.75, 3.05) is 0 Å². The molecule has 0 radical (unpaired) electrons. The van der Waals surface area contributed by atoms with Crippen LogP contribution >= 0.6 is 0 Å². The molecule has 4 nitrogen and oxygen atoms in total. The van der Waals surface area contributed by atoms with Gasteiger partial charge in [0.05, 0.1) is 0 Å². The molecule has 0 spiro atoms. The summed E-state index contributed by atoms with van der Waals surface area (Å²) in [5.74, 6) is 0.887. The molecular weight excluding hydrogens is 280 g/mol. The Hall–Kier alpha value is -2.04. The number of hydrogen-bond acceptors (Lipinski definition) is 4. The molecule has 1 fully saturated rings. The van der Waals surface area contributed by atoms with Crippen LogP contribution in [-0.2, 0) is 5.41 Å². The summed E-state index contributed by atoms with van der Waals surface area (Å²) in [6.07, 6.45) is 5.82. The SMILES string of the molecule is OOc1ccc(C2(c3ccc(OO)cc3)CCCCC2)cc1. The lowest BCUT2D eigenvalue weighted by atomic mass is 9.65. The summed E-state index contributed by atoms with van der Waals surface area (Å²) < 4.78 is 0. The van der Waals surface area contributed by atoms with E-state index in [9.17, 15) is 0 Å². The molecule has 4 heteroatoms. The minimum Gasteiger partial charge on any atom is -0.340 e. The van der Waals surface area contributed by atoms with Crippen molar-refractivity contribution in [3.8, 4) is 11.5 Å². The van der Waals surface area contributed by atoms with Crippen LogP contribution in [0.5, 0.6) is 11.5 Å². The van der Waals surface area contributed by atoms with E-state index in [4.69, 9.17) is 10.5 Å². The lowest BCUT2D eigenvalue weighted by Crippen LogP contribution is -2.30. The topological polar surface area (TPSA) is 58.9 Å². The van der Waals surface area contributed by atoms with Crippen molar-refractivity contribution in [3.05, 3.63) is 59.7 Å². The van der Waals surface area contributed by atoms with Crippen LogP contribution < -0.4 is 9.78 Å². The fraction of sp³-hybridized carbons (Fsp3) is 0.333. The smallest absolute Gasteiger partial charge is 0.165 e. The summed E-state index contributed by atoms with van der Waals surface area (Å²) in [6, 6.07) is 15.2. The van der Waals surface area contributed by atoms with Crippen molar-refractivity contribution in [1.82, 2.24) is 0 Å². The molecule has 0 amide bonds. The highest BCUT2D eigenvalue weighted by Crippen LogP contribution is 2.45. The molecule has 3 rings (SSSR count). The van der Waals surface area contributed by atoms with E-state index in [0.29, 0.717) is 11.5 Å². The van der Waals surface area contributed by atoms with Gasteiger partial charge >= 0.3 is 0 Å². The first kappa shape index (κ1) is 14.9. The largest absolute Gasteiger partial charge is 0.340 e. The van der Waals surface area contributed by atoms with E-state index < -0.39 is 0 Å². The molecule has 0 saturated heterocycles. The maximum absolute atomic E-state index is 8.74. The Bertz CT molecular complexity index is 548. The van der Waals surface area contributed by atoms with Crippen molar-refractivity contribution >= 4 is 0 Å². The summed E-state index contributed by atoms with van der Waals surface area (Å²) >= 11 is 0. The number of rotatable bonds is 4. The monoisotopic (exact) mass is 300 g/mol. The minimum atomic E-state index is -0.0276. The Kier molecular flexibility index (Phi) is 4.32. The normalized spacial score (nSPS) is 17.0. The Balaban J connectivity index is 2.02. The molecule has 22 heavy (non-hydrogen) atoms. The minimum absolute atomic E-state index is 0.0276. The summed E-state index contributed by atoms with van der Waals surface area (Å²) in [5, 5.41) is 17.5. The molecule has 2 aromatic carbocycles. The van der Waals surface area contributed by atoms with Gasteiger partial charge in [-0.3, -0.25) is 0 Å². The average molecular weight is 300 g/mol. The highest BCUT2D eigenvalue weighted by atomic mass is 17.1. The quantitative estimate of drug-likeness (QED) is 0.638. The first-order chi connectivity index (χ1) is 10.8. The van der Waals surface area contributed by atoms with Crippen LogP contribution in [0.1, 0.15) is 43.2 Å². The van der Waals surface area contributed by atoms with Crippen molar-refractivity contribution < 1.29 is 20.3 Å². The Morgan fingerprint density at radius 2 is 1.05 bits per heavy atom. The summed E-state index contributed by atoms with van der Waals surface area (Å²) in [6.45, 7) is 0. The molecule has 0 heterocycles. The van der Waals surface area contributed by atoms with Gasteiger partial charge in [-0.2, -0.15) is 0 Å². The van der Waals surface area contributed by atoms with Crippen LogP contribution in [0.3, 0.4) is 0 Å². The molecule has 0 aromatic heterocycles. The van der Waals surface area contributed by atoms with Gasteiger partial charge in [-0.1, -0.05) is 43.5 Å². The van der Waals surface area contributed by atoms with Crippen LogP contribution in [-0.4, -0.2) is 10.5 Å². The zero-order chi connectivity index (χ0) is 15.4. The third-order valence-electron chi connectivity index (χ3n) is 4.73. The fourth-order valence-corrected chi connectivity index (χ4v) is 3.57. The Morgan fingerprint density at radius 1 is 0.636 bits per heavy atom. The molecule has 1 aliphatic carbocycles.